The molecule has 0 amide bonds. The Labute approximate surface area is 124 Å². The van der Waals surface area contributed by atoms with Gasteiger partial charge in [-0.1, -0.05) is 11.3 Å². The minimum atomic E-state index is -3.92. The first-order valence-electron chi connectivity index (χ1n) is 5.66. The van der Waals surface area contributed by atoms with Gasteiger partial charge in [-0.05, 0) is 25.1 Å². The summed E-state index contributed by atoms with van der Waals surface area (Å²) < 4.78 is 27.6. The first kappa shape index (κ1) is 15.4. The van der Waals surface area contributed by atoms with E-state index in [2.05, 4.69) is 10.2 Å². The highest BCUT2D eigenvalue weighted by Crippen LogP contribution is 2.19. The number of nitrogens with zero attached hydrogens (tertiary/aromatic N) is 2. The standard InChI is InChI=1S/C11H12N4O4S2/c1-6-14-15-10(20-6)5-19-11(16)8-4-7(21(13,17)18)2-3-9(8)12/h2-4H,5,12H2,1H3,(H2,13,17,18). The van der Waals surface area contributed by atoms with Gasteiger partial charge in [0.15, 0.2) is 5.01 Å². The van der Waals surface area contributed by atoms with Crippen molar-refractivity contribution >= 4 is 33.0 Å². The van der Waals surface area contributed by atoms with Crippen molar-refractivity contribution in [3.05, 3.63) is 33.8 Å². The number of hydrogen-bond acceptors (Lipinski definition) is 8. The van der Waals surface area contributed by atoms with Crippen LogP contribution < -0.4 is 10.9 Å². The monoisotopic (exact) mass is 328 g/mol. The molecule has 4 N–H and O–H groups in total. The maximum Gasteiger partial charge on any atom is 0.340 e. The summed E-state index contributed by atoms with van der Waals surface area (Å²) in [6.07, 6.45) is 0. The number of sulfonamides is 1. The number of esters is 1. The molecule has 2 rings (SSSR count). The van der Waals surface area contributed by atoms with Gasteiger partial charge in [0.05, 0.1) is 10.5 Å². The zero-order valence-corrected chi connectivity index (χ0v) is 12.6. The molecule has 1 aromatic heterocycles. The van der Waals surface area contributed by atoms with Crippen molar-refractivity contribution in [1.29, 1.82) is 0 Å². The van der Waals surface area contributed by atoms with Crippen LogP contribution in [0.5, 0.6) is 0 Å². The molecule has 0 bridgehead atoms. The van der Waals surface area contributed by atoms with Crippen LogP contribution in [0, 0.1) is 6.92 Å². The number of primary sulfonamides is 1. The largest absolute Gasteiger partial charge is 0.455 e. The molecule has 112 valence electrons. The van der Waals surface area contributed by atoms with Gasteiger partial charge in [-0.25, -0.2) is 18.4 Å². The van der Waals surface area contributed by atoms with Crippen LogP contribution in [0.25, 0.3) is 0 Å². The number of aryl methyl sites for hydroxylation is 1. The number of benzene rings is 1. The van der Waals surface area contributed by atoms with Crippen molar-refractivity contribution in [3.8, 4) is 0 Å². The van der Waals surface area contributed by atoms with E-state index in [1.165, 1.54) is 23.5 Å². The summed E-state index contributed by atoms with van der Waals surface area (Å²) in [6.45, 7) is 1.71. The number of carbonyl (C=O) groups is 1. The van der Waals surface area contributed by atoms with E-state index >= 15 is 0 Å². The highest BCUT2D eigenvalue weighted by Gasteiger charge is 2.17. The molecule has 0 atom stereocenters. The fourth-order valence-electron chi connectivity index (χ4n) is 1.49. The van der Waals surface area contributed by atoms with E-state index in [1.807, 2.05) is 0 Å². The summed E-state index contributed by atoms with van der Waals surface area (Å²) in [5, 5.41) is 13.9. The van der Waals surface area contributed by atoms with Crippen molar-refractivity contribution in [1.82, 2.24) is 10.2 Å². The molecule has 0 fully saturated rings. The van der Waals surface area contributed by atoms with Crippen molar-refractivity contribution in [3.63, 3.8) is 0 Å². The molecule has 1 aromatic carbocycles. The number of carbonyl (C=O) groups excluding carboxylic acids is 1. The Morgan fingerprint density at radius 1 is 1.38 bits per heavy atom. The van der Waals surface area contributed by atoms with Crippen molar-refractivity contribution in [2.75, 3.05) is 5.73 Å². The van der Waals surface area contributed by atoms with Crippen LogP contribution in [-0.2, 0) is 21.4 Å². The summed E-state index contributed by atoms with van der Waals surface area (Å²) in [5.74, 6) is -0.758. The lowest BCUT2D eigenvalue weighted by molar-refractivity contribution is 0.0472. The minimum absolute atomic E-state index is 0.0661. The molecule has 10 heteroatoms. The third-order valence-corrected chi connectivity index (χ3v) is 4.19. The normalized spacial score (nSPS) is 11.3. The maximum absolute atomic E-state index is 11.9. The van der Waals surface area contributed by atoms with Gasteiger partial charge in [0.25, 0.3) is 0 Å². The van der Waals surface area contributed by atoms with Crippen LogP contribution in [0.15, 0.2) is 23.1 Å². The first-order valence-corrected chi connectivity index (χ1v) is 8.02. The number of hydrogen-bond donors (Lipinski definition) is 2. The van der Waals surface area contributed by atoms with Gasteiger partial charge >= 0.3 is 5.97 Å². The number of nitrogens with two attached hydrogens (primary N) is 2. The molecule has 0 aliphatic heterocycles. The van der Waals surface area contributed by atoms with Crippen LogP contribution in [0.3, 0.4) is 0 Å². The molecule has 0 unspecified atom stereocenters. The lowest BCUT2D eigenvalue weighted by atomic mass is 10.2. The molecule has 0 aliphatic rings. The minimum Gasteiger partial charge on any atom is -0.455 e. The van der Waals surface area contributed by atoms with E-state index in [-0.39, 0.29) is 22.8 Å². The van der Waals surface area contributed by atoms with Crippen LogP contribution in [0.4, 0.5) is 5.69 Å². The van der Waals surface area contributed by atoms with E-state index in [1.54, 1.807) is 6.92 Å². The van der Waals surface area contributed by atoms with Crippen molar-refractivity contribution in [2.45, 2.75) is 18.4 Å². The van der Waals surface area contributed by atoms with Gasteiger partial charge in [0.1, 0.15) is 11.6 Å². The SMILES string of the molecule is Cc1nnc(COC(=O)c2cc(S(N)(=O)=O)ccc2N)s1. The average Bonchev–Trinajstić information content (AvgIpc) is 2.81. The van der Waals surface area contributed by atoms with Crippen LogP contribution in [0.2, 0.25) is 0 Å². The molecule has 1 heterocycles. The van der Waals surface area contributed by atoms with Gasteiger partial charge in [-0.3, -0.25) is 0 Å². The van der Waals surface area contributed by atoms with Crippen LogP contribution >= 0.6 is 11.3 Å². The molecule has 0 saturated carbocycles. The van der Waals surface area contributed by atoms with Gasteiger partial charge in [0, 0.05) is 5.69 Å². The fraction of sp³-hybridized carbons (Fsp3) is 0.182. The number of aromatic nitrogens is 2. The van der Waals surface area contributed by atoms with Gasteiger partial charge < -0.3 is 10.5 Å². The number of ether oxygens (including phenoxy) is 1. The second-order valence-corrected chi connectivity index (χ2v) is 6.91. The zero-order valence-electron chi connectivity index (χ0n) is 10.9. The Bertz CT molecular complexity index is 785. The average molecular weight is 328 g/mol. The second-order valence-electron chi connectivity index (χ2n) is 4.09. The maximum atomic E-state index is 11.9. The summed E-state index contributed by atoms with van der Waals surface area (Å²) >= 11 is 1.29. The lowest BCUT2D eigenvalue weighted by Gasteiger charge is -2.07. The number of anilines is 1. The predicted molar refractivity (Wildman–Crippen MR) is 76.0 cm³/mol. The van der Waals surface area contributed by atoms with E-state index in [0.717, 1.165) is 11.1 Å². The first-order chi connectivity index (χ1) is 9.77. The molecular formula is C11H12N4O4S2. The quantitative estimate of drug-likeness (QED) is 0.613. The molecule has 0 saturated heterocycles. The fourth-order valence-corrected chi connectivity index (χ4v) is 2.65. The topological polar surface area (TPSA) is 138 Å². The molecule has 0 radical (unpaired) electrons. The molecule has 0 aliphatic carbocycles. The smallest absolute Gasteiger partial charge is 0.340 e. The third-order valence-electron chi connectivity index (χ3n) is 2.47. The third kappa shape index (κ3) is 3.74. The lowest BCUT2D eigenvalue weighted by Crippen LogP contribution is -2.15. The van der Waals surface area contributed by atoms with E-state index in [4.69, 9.17) is 15.6 Å². The van der Waals surface area contributed by atoms with Crippen LogP contribution in [0.1, 0.15) is 20.4 Å². The Hall–Kier alpha value is -2.04. The van der Waals surface area contributed by atoms with Crippen LogP contribution in [-0.4, -0.2) is 24.6 Å². The van der Waals surface area contributed by atoms with Gasteiger partial charge in [-0.2, -0.15) is 0 Å². The summed E-state index contributed by atoms with van der Waals surface area (Å²) in [5.41, 5.74) is 5.68. The number of rotatable bonds is 4. The Kier molecular flexibility index (Phi) is 4.21. The number of nitrogen functional groups attached to an aromatic ring is 1. The van der Waals surface area contributed by atoms with E-state index in [0.29, 0.717) is 5.01 Å². The summed E-state index contributed by atoms with van der Waals surface area (Å²) in [7, 11) is -3.92. The van der Waals surface area contributed by atoms with Gasteiger partial charge in [-0.15, -0.1) is 10.2 Å². The van der Waals surface area contributed by atoms with Crippen molar-refractivity contribution < 1.29 is 17.9 Å². The van der Waals surface area contributed by atoms with Gasteiger partial charge in [0.2, 0.25) is 10.0 Å². The summed E-state index contributed by atoms with van der Waals surface area (Å²) in [6, 6.07) is 3.58. The highest BCUT2D eigenvalue weighted by molar-refractivity contribution is 7.89. The predicted octanol–water partition coefficient (Wildman–Crippen LogP) is 0.433. The highest BCUT2D eigenvalue weighted by atomic mass is 32.2. The Morgan fingerprint density at radius 3 is 2.67 bits per heavy atom. The molecule has 2 aromatic rings. The van der Waals surface area contributed by atoms with E-state index < -0.39 is 16.0 Å². The molecular weight excluding hydrogens is 316 g/mol. The molecule has 21 heavy (non-hydrogen) atoms. The van der Waals surface area contributed by atoms with Crippen molar-refractivity contribution in [2.24, 2.45) is 5.14 Å². The Balaban J connectivity index is 2.18. The van der Waals surface area contributed by atoms with E-state index in [9.17, 15) is 13.2 Å². The molecule has 0 spiro atoms. The summed E-state index contributed by atoms with van der Waals surface area (Å²) in [4.78, 5) is 11.7. The molecule has 8 nitrogen and oxygen atoms in total. The zero-order chi connectivity index (χ0) is 15.6. The second kappa shape index (κ2) is 5.76. The Morgan fingerprint density at radius 2 is 2.10 bits per heavy atom.